The van der Waals surface area contributed by atoms with E-state index in [1.165, 1.54) is 0 Å². The Labute approximate surface area is 92.3 Å². The van der Waals surface area contributed by atoms with Gasteiger partial charge in [-0.05, 0) is 18.1 Å². The molecule has 4 nitrogen and oxygen atoms in total. The molecule has 0 heterocycles. The molecule has 0 atom stereocenters. The number of carbonyl (C=O) groups excluding carboxylic acids is 1. The third-order valence-corrected chi connectivity index (χ3v) is 7.13. The summed E-state index contributed by atoms with van der Waals surface area (Å²) in [5.41, 5.74) is 0. The summed E-state index contributed by atoms with van der Waals surface area (Å²) < 4.78 is 10.2. The van der Waals surface area contributed by atoms with E-state index >= 15 is 0 Å². The summed E-state index contributed by atoms with van der Waals surface area (Å²) in [6.45, 7) is 10.1. The van der Waals surface area contributed by atoms with Gasteiger partial charge in [-0.2, -0.15) is 5.26 Å². The molecule has 0 saturated heterocycles. The molecule has 0 rings (SSSR count). The van der Waals surface area contributed by atoms with Gasteiger partial charge in [0.1, 0.15) is 12.7 Å². The Balaban J connectivity index is 4.06. The van der Waals surface area contributed by atoms with Crippen LogP contribution in [0.15, 0.2) is 0 Å². The van der Waals surface area contributed by atoms with Gasteiger partial charge in [-0.1, -0.05) is 20.8 Å². The van der Waals surface area contributed by atoms with E-state index < -0.39 is 14.3 Å². The summed E-state index contributed by atoms with van der Waals surface area (Å²) in [5, 5.41) is 8.29. The van der Waals surface area contributed by atoms with Crippen LogP contribution in [0.25, 0.3) is 0 Å². The lowest BCUT2D eigenvalue weighted by molar-refractivity contribution is -0.144. The highest BCUT2D eigenvalue weighted by atomic mass is 28.4. The lowest BCUT2D eigenvalue weighted by Gasteiger charge is -2.35. The van der Waals surface area contributed by atoms with E-state index in [2.05, 4.69) is 38.6 Å². The van der Waals surface area contributed by atoms with E-state index in [1.54, 1.807) is 6.07 Å². The largest absolute Gasteiger partial charge is 0.449 e. The highest BCUT2D eigenvalue weighted by molar-refractivity contribution is 6.74. The van der Waals surface area contributed by atoms with Crippen LogP contribution in [0, 0.1) is 11.3 Å². The Morgan fingerprint density at radius 2 is 1.93 bits per heavy atom. The van der Waals surface area contributed by atoms with E-state index in [9.17, 15) is 4.79 Å². The molecule has 0 spiro atoms. The Morgan fingerprint density at radius 1 is 1.40 bits per heavy atom. The predicted octanol–water partition coefficient (Wildman–Crippen LogP) is 2.07. The summed E-state index contributed by atoms with van der Waals surface area (Å²) in [6.07, 6.45) is 0. The third-order valence-electron chi connectivity index (χ3n) is 2.65. The molecule has 0 bridgehead atoms. The average molecular weight is 229 g/mol. The van der Waals surface area contributed by atoms with Crippen molar-refractivity contribution < 1.29 is 14.0 Å². The van der Waals surface area contributed by atoms with E-state index in [1.807, 2.05) is 0 Å². The molecule has 0 aliphatic carbocycles. The van der Waals surface area contributed by atoms with Crippen LogP contribution in [-0.4, -0.2) is 27.5 Å². The molecule has 0 aliphatic heterocycles. The Hall–Kier alpha value is -0.863. The minimum atomic E-state index is -1.89. The monoisotopic (exact) mass is 229 g/mol. The summed E-state index contributed by atoms with van der Waals surface area (Å²) >= 11 is 0. The molecule has 0 unspecified atom stereocenters. The van der Waals surface area contributed by atoms with Crippen molar-refractivity contribution in [2.45, 2.75) is 38.9 Å². The van der Waals surface area contributed by atoms with Gasteiger partial charge in [-0.15, -0.1) is 0 Å². The summed E-state index contributed by atoms with van der Waals surface area (Å²) in [7, 11) is -1.89. The van der Waals surface area contributed by atoms with Crippen molar-refractivity contribution in [3.63, 3.8) is 0 Å². The molecule has 5 heteroatoms. The van der Waals surface area contributed by atoms with Crippen LogP contribution in [-0.2, 0) is 14.0 Å². The molecule has 0 N–H and O–H groups in total. The highest BCUT2D eigenvalue weighted by Gasteiger charge is 2.37. The van der Waals surface area contributed by atoms with Crippen molar-refractivity contribution in [1.29, 1.82) is 5.26 Å². The van der Waals surface area contributed by atoms with Crippen LogP contribution in [0.2, 0.25) is 18.1 Å². The van der Waals surface area contributed by atoms with Gasteiger partial charge in [0, 0.05) is 0 Å². The fourth-order valence-corrected chi connectivity index (χ4v) is 1.52. The van der Waals surface area contributed by atoms with Gasteiger partial charge in [0.25, 0.3) is 0 Å². The second kappa shape index (κ2) is 5.28. The Bertz CT molecular complexity index is 263. The van der Waals surface area contributed by atoms with Crippen molar-refractivity contribution in [2.75, 3.05) is 13.2 Å². The number of nitriles is 1. The first-order chi connectivity index (χ1) is 6.70. The molecule has 0 saturated carbocycles. The zero-order chi connectivity index (χ0) is 12.1. The molecule has 0 aromatic rings. The summed E-state index contributed by atoms with van der Waals surface area (Å²) in [5.74, 6) is -0.471. The van der Waals surface area contributed by atoms with Crippen LogP contribution in [0.4, 0.5) is 0 Å². The quantitative estimate of drug-likeness (QED) is 0.547. The number of esters is 1. The normalized spacial score (nSPS) is 12.0. The minimum absolute atomic E-state index is 0.0574. The summed E-state index contributed by atoms with van der Waals surface area (Å²) in [4.78, 5) is 11.1. The molecule has 0 aromatic heterocycles. The predicted molar refractivity (Wildman–Crippen MR) is 59.7 cm³/mol. The van der Waals surface area contributed by atoms with Crippen molar-refractivity contribution in [1.82, 2.24) is 0 Å². The molecule has 0 fully saturated rings. The highest BCUT2D eigenvalue weighted by Crippen LogP contribution is 2.36. The van der Waals surface area contributed by atoms with Gasteiger partial charge in [0.2, 0.25) is 0 Å². The number of ether oxygens (including phenoxy) is 1. The lowest BCUT2D eigenvalue weighted by Crippen LogP contribution is -2.42. The standard InChI is InChI=1S/C10H19NO3Si/c1-10(2,3)15(4,5)14-8-9(12)13-7-6-11/h7-8H2,1-5H3. The lowest BCUT2D eigenvalue weighted by atomic mass is 10.2. The fraction of sp³-hybridized carbons (Fsp3) is 0.800. The van der Waals surface area contributed by atoms with Crippen LogP contribution in [0.5, 0.6) is 0 Å². The van der Waals surface area contributed by atoms with Crippen LogP contribution >= 0.6 is 0 Å². The SMILES string of the molecule is CC(C)(C)[Si](C)(C)OCC(=O)OCC#N. The Kier molecular flexibility index (Phi) is 4.98. The smallest absolute Gasteiger partial charge is 0.331 e. The zero-order valence-corrected chi connectivity index (χ0v) is 11.1. The van der Waals surface area contributed by atoms with Gasteiger partial charge in [0.15, 0.2) is 14.9 Å². The maximum atomic E-state index is 11.1. The maximum Gasteiger partial charge on any atom is 0.331 e. The van der Waals surface area contributed by atoms with Crippen molar-refractivity contribution >= 4 is 14.3 Å². The first-order valence-electron chi connectivity index (χ1n) is 4.87. The molecule has 0 aliphatic rings. The second-order valence-corrected chi connectivity index (χ2v) is 9.68. The van der Waals surface area contributed by atoms with Gasteiger partial charge < -0.3 is 9.16 Å². The van der Waals surface area contributed by atoms with Gasteiger partial charge in [-0.25, -0.2) is 4.79 Å². The van der Waals surface area contributed by atoms with E-state index in [0.717, 1.165) is 0 Å². The van der Waals surface area contributed by atoms with Crippen molar-refractivity contribution in [3.8, 4) is 6.07 Å². The molecule has 0 amide bonds. The average Bonchev–Trinajstić information content (AvgIpc) is 2.09. The third kappa shape index (κ3) is 4.95. The maximum absolute atomic E-state index is 11.1. The molecular formula is C10H19NO3Si. The topological polar surface area (TPSA) is 59.3 Å². The number of rotatable bonds is 4. The van der Waals surface area contributed by atoms with Gasteiger partial charge >= 0.3 is 5.97 Å². The molecule has 15 heavy (non-hydrogen) atoms. The van der Waals surface area contributed by atoms with Crippen molar-refractivity contribution in [2.24, 2.45) is 0 Å². The minimum Gasteiger partial charge on any atom is -0.449 e. The first-order valence-corrected chi connectivity index (χ1v) is 7.78. The number of carbonyl (C=O) groups is 1. The molecule has 86 valence electrons. The fourth-order valence-electron chi connectivity index (χ4n) is 0.610. The molecule has 0 aromatic carbocycles. The van der Waals surface area contributed by atoms with Gasteiger partial charge in [0.05, 0.1) is 0 Å². The molecule has 0 radical (unpaired) electrons. The first kappa shape index (κ1) is 14.1. The van der Waals surface area contributed by atoms with Gasteiger partial charge in [-0.3, -0.25) is 0 Å². The number of nitrogens with zero attached hydrogens (tertiary/aromatic N) is 1. The zero-order valence-electron chi connectivity index (χ0n) is 10.1. The Morgan fingerprint density at radius 3 is 2.33 bits per heavy atom. The van der Waals surface area contributed by atoms with E-state index in [-0.39, 0.29) is 18.3 Å². The van der Waals surface area contributed by atoms with Crippen LogP contribution in [0.3, 0.4) is 0 Å². The van der Waals surface area contributed by atoms with E-state index in [4.69, 9.17) is 9.69 Å². The van der Waals surface area contributed by atoms with Crippen molar-refractivity contribution in [3.05, 3.63) is 0 Å². The second-order valence-electron chi connectivity index (χ2n) is 4.87. The van der Waals surface area contributed by atoms with E-state index in [0.29, 0.717) is 0 Å². The number of hydrogen-bond acceptors (Lipinski definition) is 4. The van der Waals surface area contributed by atoms with Crippen LogP contribution in [0.1, 0.15) is 20.8 Å². The van der Waals surface area contributed by atoms with Crippen LogP contribution < -0.4 is 0 Å². The molecular weight excluding hydrogens is 210 g/mol. The summed E-state index contributed by atoms with van der Waals surface area (Å²) in [6, 6.07) is 1.74. The number of hydrogen-bond donors (Lipinski definition) is 0.